The van der Waals surface area contributed by atoms with Crippen LogP contribution in [0.15, 0.2) is 42.7 Å². The molecule has 4 rings (SSSR count). The molecule has 0 aliphatic carbocycles. The van der Waals surface area contributed by atoms with Gasteiger partial charge in [-0.1, -0.05) is 30.7 Å². The minimum atomic E-state index is -4.66. The molecule has 0 radical (unpaired) electrons. The zero-order valence-electron chi connectivity index (χ0n) is 23.3. The fourth-order valence-electron chi connectivity index (χ4n) is 5.10. The molecule has 228 valence electrons. The highest BCUT2D eigenvalue weighted by atomic mass is 35.5. The van der Waals surface area contributed by atoms with Crippen LogP contribution < -0.4 is 10.6 Å². The summed E-state index contributed by atoms with van der Waals surface area (Å²) in [6.07, 6.45) is -0.941. The summed E-state index contributed by atoms with van der Waals surface area (Å²) in [5.41, 5.74) is 0.118. The first-order valence-corrected chi connectivity index (χ1v) is 15.3. The maximum atomic E-state index is 15.0. The third kappa shape index (κ3) is 7.94. The summed E-state index contributed by atoms with van der Waals surface area (Å²) in [6.45, 7) is 3.91. The van der Waals surface area contributed by atoms with Gasteiger partial charge in [-0.25, -0.2) is 12.9 Å². The van der Waals surface area contributed by atoms with Crippen LogP contribution in [0.25, 0.3) is 0 Å². The van der Waals surface area contributed by atoms with E-state index in [0.29, 0.717) is 42.4 Å². The molecule has 3 unspecified atom stereocenters. The zero-order valence-corrected chi connectivity index (χ0v) is 24.8. The molecule has 3 heterocycles. The highest BCUT2D eigenvalue weighted by molar-refractivity contribution is 7.82. The Morgan fingerprint density at radius 1 is 1.26 bits per heavy atom. The third-order valence-electron chi connectivity index (χ3n) is 7.17. The van der Waals surface area contributed by atoms with Crippen LogP contribution in [0.3, 0.4) is 0 Å². The lowest BCUT2D eigenvalue weighted by Gasteiger charge is -2.35. The molecule has 3 atom stereocenters. The van der Waals surface area contributed by atoms with Crippen molar-refractivity contribution in [1.29, 1.82) is 0 Å². The number of alkyl halides is 3. The number of aromatic nitrogens is 3. The van der Waals surface area contributed by atoms with Gasteiger partial charge < -0.3 is 10.6 Å². The highest BCUT2D eigenvalue weighted by Gasteiger charge is 2.36. The van der Waals surface area contributed by atoms with Gasteiger partial charge in [0.1, 0.15) is 5.82 Å². The van der Waals surface area contributed by atoms with Gasteiger partial charge in [0, 0.05) is 67.1 Å². The summed E-state index contributed by atoms with van der Waals surface area (Å²) in [5.74, 6) is -1.37. The van der Waals surface area contributed by atoms with Crippen LogP contribution in [0.5, 0.6) is 0 Å². The number of aryl methyl sites for hydroxylation is 1. The fourth-order valence-corrected chi connectivity index (χ4v) is 6.62. The van der Waals surface area contributed by atoms with E-state index in [-0.39, 0.29) is 35.8 Å². The summed E-state index contributed by atoms with van der Waals surface area (Å²) >= 11 is 6.02. The number of hydrogen-bond acceptors (Lipinski definition) is 5. The minimum Gasteiger partial charge on any atom is -0.324 e. The van der Waals surface area contributed by atoms with Gasteiger partial charge in [0.05, 0.1) is 29.1 Å². The molecular formula is C28H33ClF4N6O2S. The monoisotopic (exact) mass is 628 g/mol. The summed E-state index contributed by atoms with van der Waals surface area (Å²) < 4.78 is 71.0. The van der Waals surface area contributed by atoms with E-state index in [9.17, 15) is 26.6 Å². The summed E-state index contributed by atoms with van der Waals surface area (Å²) in [6, 6.07) is 7.31. The molecule has 1 aliphatic rings. The number of benzene rings is 1. The number of anilines is 1. The maximum absolute atomic E-state index is 15.0. The van der Waals surface area contributed by atoms with Gasteiger partial charge in [-0.2, -0.15) is 18.3 Å². The first kappa shape index (κ1) is 32.1. The Morgan fingerprint density at radius 3 is 2.67 bits per heavy atom. The van der Waals surface area contributed by atoms with E-state index in [1.165, 1.54) is 13.2 Å². The van der Waals surface area contributed by atoms with E-state index >= 15 is 0 Å². The highest BCUT2D eigenvalue weighted by Crippen LogP contribution is 2.35. The van der Waals surface area contributed by atoms with E-state index in [1.807, 2.05) is 11.2 Å². The first-order valence-electron chi connectivity index (χ1n) is 13.6. The zero-order chi connectivity index (χ0) is 30.4. The SMILES string of the molecule is CCCS(=O)N1CCNCC1CCc1c(F)cncc1NC(=O)CC(c1ccc(Cl)cc1)c1cc(C(F)(F)F)nn1C. The van der Waals surface area contributed by atoms with Crippen molar-refractivity contribution in [2.24, 2.45) is 7.05 Å². The predicted molar refractivity (Wildman–Crippen MR) is 154 cm³/mol. The molecule has 2 N–H and O–H groups in total. The van der Waals surface area contributed by atoms with E-state index in [2.05, 4.69) is 20.7 Å². The number of carbonyl (C=O) groups excluding carboxylic acids is 1. The summed E-state index contributed by atoms with van der Waals surface area (Å²) in [5, 5.41) is 10.1. The summed E-state index contributed by atoms with van der Waals surface area (Å²) in [7, 11) is 0.253. The van der Waals surface area contributed by atoms with Gasteiger partial charge in [0.15, 0.2) is 5.69 Å². The number of rotatable bonds is 11. The number of halogens is 5. The second-order valence-corrected chi connectivity index (χ2v) is 12.1. The maximum Gasteiger partial charge on any atom is 0.435 e. The van der Waals surface area contributed by atoms with Crippen molar-refractivity contribution < 1.29 is 26.6 Å². The average molecular weight is 629 g/mol. The van der Waals surface area contributed by atoms with Gasteiger partial charge in [-0.15, -0.1) is 0 Å². The van der Waals surface area contributed by atoms with Crippen LogP contribution in [-0.4, -0.2) is 60.6 Å². The van der Waals surface area contributed by atoms with Crippen molar-refractivity contribution in [3.8, 4) is 0 Å². The molecule has 2 aromatic heterocycles. The molecule has 8 nitrogen and oxygen atoms in total. The molecular weight excluding hydrogens is 596 g/mol. The van der Waals surface area contributed by atoms with Crippen LogP contribution in [0.1, 0.15) is 54.6 Å². The predicted octanol–water partition coefficient (Wildman–Crippen LogP) is 5.07. The Balaban J connectivity index is 1.54. The molecule has 1 amide bonds. The van der Waals surface area contributed by atoms with E-state index < -0.39 is 40.5 Å². The lowest BCUT2D eigenvalue weighted by molar-refractivity contribution is -0.141. The molecule has 1 aliphatic heterocycles. The molecule has 3 aromatic rings. The smallest absolute Gasteiger partial charge is 0.324 e. The Labute approximate surface area is 249 Å². The van der Waals surface area contributed by atoms with Gasteiger partial charge in [-0.05, 0) is 43.0 Å². The lowest BCUT2D eigenvalue weighted by Crippen LogP contribution is -2.52. The standard InChI is InChI=1S/C28H33ClF4N6O2S/c1-3-12-42(41)39-11-10-34-15-20(39)8-9-21-23(30)16-35-17-24(21)36-27(40)13-22(18-4-6-19(29)7-5-18)25-14-26(28(31,32)33)37-38(25)2/h4-7,14,16-17,20,22,34H,3,8-13,15H2,1-2H3,(H,36,40). The second-order valence-electron chi connectivity index (χ2n) is 10.1. The minimum absolute atomic E-state index is 0.0794. The Bertz CT molecular complexity index is 1400. The number of pyridine rings is 1. The van der Waals surface area contributed by atoms with Crippen molar-refractivity contribution in [2.45, 2.75) is 50.7 Å². The van der Waals surface area contributed by atoms with Crippen LogP contribution in [-0.2, 0) is 35.4 Å². The van der Waals surface area contributed by atoms with E-state index in [4.69, 9.17) is 11.6 Å². The van der Waals surface area contributed by atoms with Gasteiger partial charge in [0.2, 0.25) is 5.91 Å². The molecule has 14 heteroatoms. The number of nitrogens with zero attached hydrogens (tertiary/aromatic N) is 4. The quantitative estimate of drug-likeness (QED) is 0.290. The fraction of sp³-hybridized carbons (Fsp3) is 0.464. The van der Waals surface area contributed by atoms with Gasteiger partial charge in [0.25, 0.3) is 0 Å². The van der Waals surface area contributed by atoms with Crippen molar-refractivity contribution >= 4 is 34.2 Å². The summed E-state index contributed by atoms with van der Waals surface area (Å²) in [4.78, 5) is 17.2. The third-order valence-corrected chi connectivity index (χ3v) is 9.18. The number of hydrogen-bond donors (Lipinski definition) is 2. The molecule has 0 saturated carbocycles. The molecule has 42 heavy (non-hydrogen) atoms. The van der Waals surface area contributed by atoms with Crippen LogP contribution in [0.4, 0.5) is 23.2 Å². The molecule has 1 aromatic carbocycles. The first-order chi connectivity index (χ1) is 20.0. The molecule has 0 spiro atoms. The Morgan fingerprint density at radius 2 is 2.00 bits per heavy atom. The largest absolute Gasteiger partial charge is 0.435 e. The molecule has 1 saturated heterocycles. The molecule has 0 bridgehead atoms. The van der Waals surface area contributed by atoms with Gasteiger partial charge >= 0.3 is 6.18 Å². The van der Waals surface area contributed by atoms with Crippen molar-refractivity contribution in [3.05, 3.63) is 76.1 Å². The Kier molecular flexibility index (Phi) is 10.7. The topological polar surface area (TPSA) is 92.2 Å². The van der Waals surface area contributed by atoms with E-state index in [1.54, 1.807) is 24.3 Å². The number of amides is 1. The van der Waals surface area contributed by atoms with Crippen LogP contribution in [0, 0.1) is 5.82 Å². The van der Waals surface area contributed by atoms with Crippen LogP contribution in [0.2, 0.25) is 5.02 Å². The average Bonchev–Trinajstić information content (AvgIpc) is 3.34. The normalized spacial score (nSPS) is 17.6. The van der Waals surface area contributed by atoms with Crippen LogP contribution >= 0.6 is 11.6 Å². The van der Waals surface area contributed by atoms with Crippen molar-refractivity contribution in [1.82, 2.24) is 24.4 Å². The lowest BCUT2D eigenvalue weighted by atomic mass is 9.91. The molecule has 1 fully saturated rings. The number of piperazine rings is 1. The Hall–Kier alpha value is -2.87. The second kappa shape index (κ2) is 14.1. The number of nitrogens with one attached hydrogen (secondary N) is 2. The van der Waals surface area contributed by atoms with E-state index in [0.717, 1.165) is 23.4 Å². The van der Waals surface area contributed by atoms with Gasteiger partial charge in [-0.3, -0.25) is 14.5 Å². The number of carbonyl (C=O) groups is 1. The van der Waals surface area contributed by atoms with Crippen molar-refractivity contribution in [2.75, 3.05) is 30.7 Å². The van der Waals surface area contributed by atoms with Crippen molar-refractivity contribution in [3.63, 3.8) is 0 Å².